The van der Waals surface area contributed by atoms with Gasteiger partial charge in [0.15, 0.2) is 11.6 Å². The summed E-state index contributed by atoms with van der Waals surface area (Å²) >= 11 is 12.0. The maximum Gasteiger partial charge on any atom is 0.346 e. The van der Waals surface area contributed by atoms with Gasteiger partial charge in [0.1, 0.15) is 69.5 Å². The summed E-state index contributed by atoms with van der Waals surface area (Å²) < 4.78 is 141. The van der Waals surface area contributed by atoms with Gasteiger partial charge in [0.25, 0.3) is 0 Å². The number of esters is 2. The van der Waals surface area contributed by atoms with Crippen molar-refractivity contribution in [2.75, 3.05) is 40.6 Å². The summed E-state index contributed by atoms with van der Waals surface area (Å²) in [6, 6.07) is 22.7. The standard InChI is InChI=1S/C66H54Cl2F6N8O9/c1-65(2)31-87-29-51(65)81-49-21-37(19-45(73)59(49)79-55(81)23-35-17-43(71)39(25-41(35)69)47-9-7-11-57(75-47)89-27-33-13-15-53(67)77-61(33)85-5)63(83)91-64(84)38-20-46(74)60-50(22-38)82(52-30-88-32-66(52,3)4)56(80-60)24-36-18-44(72)40(26-42(36)70)48-10-8-12-58(76-48)90-28-34-14-16-54(68)78-62(34)86-6/h7-22,25-26,51-52H,23-24,27-32H2,1-6H3. The van der Waals surface area contributed by atoms with Crippen molar-refractivity contribution >= 4 is 57.2 Å². The van der Waals surface area contributed by atoms with Crippen molar-refractivity contribution in [3.05, 3.63) is 199 Å². The first-order valence-electron chi connectivity index (χ1n) is 28.4. The Morgan fingerprint density at radius 3 is 1.32 bits per heavy atom. The molecule has 6 aromatic heterocycles. The van der Waals surface area contributed by atoms with E-state index in [1.807, 2.05) is 27.7 Å². The van der Waals surface area contributed by atoms with Gasteiger partial charge in [-0.2, -0.15) is 0 Å². The maximum absolute atomic E-state index is 16.5. The molecule has 2 saturated heterocycles. The molecule has 25 heteroatoms. The molecular formula is C66H54Cl2F6N8O9. The third-order valence-corrected chi connectivity index (χ3v) is 16.6. The molecule has 4 aromatic carbocycles. The summed E-state index contributed by atoms with van der Waals surface area (Å²) in [5.41, 5.74) is -1.83. The van der Waals surface area contributed by atoms with Crippen LogP contribution in [0.2, 0.25) is 10.3 Å². The second-order valence-electron chi connectivity index (χ2n) is 23.3. The maximum atomic E-state index is 16.5. The molecule has 0 N–H and O–H groups in total. The van der Waals surface area contributed by atoms with Gasteiger partial charge in [0.05, 0.1) is 97.4 Å². The fourth-order valence-electron chi connectivity index (χ4n) is 11.4. The Balaban J connectivity index is 0.809. The second-order valence-corrected chi connectivity index (χ2v) is 24.0. The molecule has 2 atom stereocenters. The van der Waals surface area contributed by atoms with Gasteiger partial charge in [0.2, 0.25) is 23.5 Å². The average molecular weight is 1290 g/mol. The Labute approximate surface area is 525 Å². The van der Waals surface area contributed by atoms with Crippen LogP contribution >= 0.6 is 23.2 Å². The number of hydrogen-bond donors (Lipinski definition) is 0. The fourth-order valence-corrected chi connectivity index (χ4v) is 11.7. The topological polar surface area (TPSA) is 186 Å². The zero-order chi connectivity index (χ0) is 64.2. The normalized spacial score (nSPS) is 16.0. The fraction of sp³-hybridized carbons (Fsp3) is 0.273. The molecule has 0 saturated carbocycles. The molecule has 0 amide bonds. The number of imidazole rings is 2. The van der Waals surface area contributed by atoms with Crippen LogP contribution in [-0.4, -0.2) is 91.6 Å². The highest BCUT2D eigenvalue weighted by Gasteiger charge is 2.41. The van der Waals surface area contributed by atoms with Crippen LogP contribution in [0.3, 0.4) is 0 Å². The number of ether oxygens (including phenoxy) is 7. The van der Waals surface area contributed by atoms with E-state index in [0.29, 0.717) is 11.1 Å². The zero-order valence-electron chi connectivity index (χ0n) is 49.5. The van der Waals surface area contributed by atoms with Crippen molar-refractivity contribution in [3.8, 4) is 46.0 Å². The van der Waals surface area contributed by atoms with Gasteiger partial charge in [-0.1, -0.05) is 63.0 Å². The Morgan fingerprint density at radius 2 is 0.934 bits per heavy atom. The molecule has 2 aliphatic heterocycles. The number of aromatic nitrogens is 8. The number of hydrogen-bond acceptors (Lipinski definition) is 15. The minimum Gasteiger partial charge on any atom is -0.481 e. The first-order chi connectivity index (χ1) is 43.6. The number of carbonyl (C=O) groups excluding carboxylic acids is 2. The predicted molar refractivity (Wildman–Crippen MR) is 321 cm³/mol. The van der Waals surface area contributed by atoms with E-state index < -0.39 is 80.9 Å². The smallest absolute Gasteiger partial charge is 0.346 e. The van der Waals surface area contributed by atoms with Crippen LogP contribution in [0, 0.1) is 45.7 Å². The summed E-state index contributed by atoms with van der Waals surface area (Å²) in [6.45, 7) is 8.26. The van der Waals surface area contributed by atoms with Gasteiger partial charge in [-0.15, -0.1) is 0 Å². The number of pyridine rings is 4. The molecule has 2 unspecified atom stereocenters. The highest BCUT2D eigenvalue weighted by molar-refractivity contribution is 6.29. The van der Waals surface area contributed by atoms with Gasteiger partial charge in [-0.3, -0.25) is 0 Å². The van der Waals surface area contributed by atoms with Crippen LogP contribution in [0.15, 0.2) is 109 Å². The van der Waals surface area contributed by atoms with Crippen LogP contribution in [0.5, 0.6) is 23.5 Å². The van der Waals surface area contributed by atoms with Gasteiger partial charge in [-0.05, 0) is 96.1 Å². The third-order valence-electron chi connectivity index (χ3n) is 16.1. The first kappa shape index (κ1) is 62.1. The molecule has 468 valence electrons. The number of fused-ring (bicyclic) bond motifs is 2. The summed E-state index contributed by atoms with van der Waals surface area (Å²) in [5, 5.41) is 0.439. The summed E-state index contributed by atoms with van der Waals surface area (Å²) in [5.74, 6) is -7.08. The van der Waals surface area contributed by atoms with Gasteiger partial charge in [-0.25, -0.2) is 65.8 Å². The zero-order valence-corrected chi connectivity index (χ0v) is 51.0. The second kappa shape index (κ2) is 24.9. The van der Waals surface area contributed by atoms with Crippen molar-refractivity contribution in [2.24, 2.45) is 10.8 Å². The molecule has 2 fully saturated rings. The van der Waals surface area contributed by atoms with Crippen LogP contribution in [0.4, 0.5) is 26.3 Å². The first-order valence-corrected chi connectivity index (χ1v) is 29.2. The molecule has 17 nitrogen and oxygen atoms in total. The Bertz CT molecular complexity index is 4270. The summed E-state index contributed by atoms with van der Waals surface area (Å²) in [4.78, 5) is 54.4. The highest BCUT2D eigenvalue weighted by atomic mass is 35.5. The van der Waals surface area contributed by atoms with Crippen molar-refractivity contribution in [1.29, 1.82) is 0 Å². The van der Waals surface area contributed by atoms with Gasteiger partial charge < -0.3 is 42.3 Å². The highest BCUT2D eigenvalue weighted by Crippen LogP contribution is 2.44. The van der Waals surface area contributed by atoms with E-state index in [0.717, 1.165) is 36.4 Å². The molecule has 0 bridgehead atoms. The average Bonchev–Trinajstić information content (AvgIpc) is 1.74. The lowest BCUT2D eigenvalue weighted by Gasteiger charge is -2.28. The van der Waals surface area contributed by atoms with Crippen LogP contribution in [-0.2, 0) is 40.3 Å². The molecule has 2 aliphatic rings. The molecule has 91 heavy (non-hydrogen) atoms. The van der Waals surface area contributed by atoms with Crippen molar-refractivity contribution in [3.63, 3.8) is 0 Å². The van der Waals surface area contributed by atoms with Crippen molar-refractivity contribution < 1.29 is 69.1 Å². The van der Waals surface area contributed by atoms with Crippen molar-refractivity contribution in [1.82, 2.24) is 39.0 Å². The third kappa shape index (κ3) is 12.5. The molecule has 12 rings (SSSR count). The molecule has 0 spiro atoms. The van der Waals surface area contributed by atoms with Crippen LogP contribution in [0.1, 0.15) is 94.4 Å². The Morgan fingerprint density at radius 1 is 0.516 bits per heavy atom. The number of halogens is 8. The van der Waals surface area contributed by atoms with E-state index in [-0.39, 0.29) is 154 Å². The van der Waals surface area contributed by atoms with E-state index in [9.17, 15) is 9.59 Å². The number of rotatable bonds is 18. The number of nitrogens with zero attached hydrogens (tertiary/aromatic N) is 8. The SMILES string of the molecule is COc1nc(Cl)ccc1COc1cccc(-c2cc(F)c(Cc3nc4c(F)cc(C(=O)OC(=O)c5cc(F)c6nc(Cc7cc(F)c(-c8cccc(OCc9ccc(Cl)nc9OC)n8)cc7F)n(C7COCC7(C)C)c6c5)cc4n3C3COCC3(C)C)cc2F)n1. The van der Waals surface area contributed by atoms with Crippen LogP contribution < -0.4 is 18.9 Å². The minimum absolute atomic E-state index is 0.0244. The molecule has 8 heterocycles. The lowest BCUT2D eigenvalue weighted by molar-refractivity contribution is 0.0397. The molecular weight excluding hydrogens is 1230 g/mol. The van der Waals surface area contributed by atoms with Crippen molar-refractivity contribution in [2.45, 2.75) is 65.8 Å². The predicted octanol–water partition coefficient (Wildman–Crippen LogP) is 14.0. The number of benzene rings is 4. The van der Waals surface area contributed by atoms with Gasteiger partial charge >= 0.3 is 11.9 Å². The van der Waals surface area contributed by atoms with Gasteiger partial charge in [0, 0.05) is 46.9 Å². The van der Waals surface area contributed by atoms with E-state index in [2.05, 4.69) is 29.9 Å². The van der Waals surface area contributed by atoms with E-state index in [1.54, 1.807) is 57.7 Å². The monoisotopic (exact) mass is 1290 g/mol. The number of methoxy groups -OCH3 is 2. The quantitative estimate of drug-likeness (QED) is 0.0341. The van der Waals surface area contributed by atoms with E-state index in [4.69, 9.17) is 56.4 Å². The lowest BCUT2D eigenvalue weighted by Crippen LogP contribution is -2.27. The summed E-state index contributed by atoms with van der Waals surface area (Å²) in [6.07, 6.45) is -0.702. The largest absolute Gasteiger partial charge is 0.481 e. The lowest BCUT2D eigenvalue weighted by atomic mass is 9.87. The minimum atomic E-state index is -1.32. The van der Waals surface area contributed by atoms with E-state index in [1.165, 1.54) is 38.5 Å². The van der Waals surface area contributed by atoms with E-state index >= 15 is 26.3 Å². The number of carbonyl (C=O) groups is 2. The summed E-state index contributed by atoms with van der Waals surface area (Å²) in [7, 11) is 2.86. The molecule has 0 radical (unpaired) electrons. The molecule has 0 aliphatic carbocycles. The molecule has 10 aromatic rings. The Kier molecular flexibility index (Phi) is 17.0. The Hall–Kier alpha value is -9.16. The van der Waals surface area contributed by atoms with Crippen LogP contribution in [0.25, 0.3) is 44.6 Å².